The van der Waals surface area contributed by atoms with Crippen LogP contribution in [-0.4, -0.2) is 18.0 Å². The Morgan fingerprint density at radius 3 is 2.30 bits per heavy atom. The zero-order valence-electron chi connectivity index (χ0n) is 15.5. The summed E-state index contributed by atoms with van der Waals surface area (Å²) in [6.45, 7) is 2.69. The summed E-state index contributed by atoms with van der Waals surface area (Å²) in [5.41, 5.74) is 3.99. The molecule has 0 atom stereocenters. The van der Waals surface area contributed by atoms with Crippen LogP contribution in [-0.2, 0) is 17.8 Å². The number of benzene rings is 2. The first kappa shape index (κ1) is 18.5. The third-order valence-corrected chi connectivity index (χ3v) is 4.17. The van der Waals surface area contributed by atoms with E-state index in [1.54, 1.807) is 13.3 Å². The van der Waals surface area contributed by atoms with Crippen LogP contribution in [0.1, 0.15) is 16.7 Å². The average Bonchev–Trinajstić information content (AvgIpc) is 2.69. The van der Waals surface area contributed by atoms with Gasteiger partial charge in [-0.05, 0) is 42.3 Å². The van der Waals surface area contributed by atoms with Crippen molar-refractivity contribution >= 4 is 17.4 Å². The van der Waals surface area contributed by atoms with Gasteiger partial charge in [0.1, 0.15) is 11.6 Å². The molecule has 0 spiro atoms. The van der Waals surface area contributed by atoms with Crippen LogP contribution in [0.5, 0.6) is 5.75 Å². The summed E-state index contributed by atoms with van der Waals surface area (Å²) in [7, 11) is 1.65. The molecule has 0 saturated heterocycles. The fourth-order valence-electron chi connectivity index (χ4n) is 2.60. The Balaban J connectivity index is 1.50. The highest BCUT2D eigenvalue weighted by molar-refractivity contribution is 5.92. The number of anilines is 2. The van der Waals surface area contributed by atoms with Gasteiger partial charge in [-0.2, -0.15) is 0 Å². The van der Waals surface area contributed by atoms with Crippen molar-refractivity contribution in [2.45, 2.75) is 19.9 Å². The number of aromatic nitrogens is 1. The highest BCUT2D eigenvalue weighted by atomic mass is 16.5. The number of carbonyl (C=O) groups is 1. The molecule has 2 aromatic carbocycles. The van der Waals surface area contributed by atoms with Crippen LogP contribution in [0, 0.1) is 6.92 Å². The van der Waals surface area contributed by atoms with Gasteiger partial charge in [0.15, 0.2) is 0 Å². The Kier molecular flexibility index (Phi) is 6.05. The molecule has 1 aromatic heterocycles. The third kappa shape index (κ3) is 5.57. The van der Waals surface area contributed by atoms with Crippen molar-refractivity contribution in [1.29, 1.82) is 0 Å². The molecule has 0 radical (unpaired) electrons. The SMILES string of the molecule is COc1ccc(CNc2ccc(NC(=O)Cc3ccc(C)cc3)cn2)cc1. The number of hydrogen-bond donors (Lipinski definition) is 2. The summed E-state index contributed by atoms with van der Waals surface area (Å²) >= 11 is 0. The summed E-state index contributed by atoms with van der Waals surface area (Å²) in [5, 5.41) is 6.14. The van der Waals surface area contributed by atoms with Crippen molar-refractivity contribution in [3.8, 4) is 5.75 Å². The van der Waals surface area contributed by atoms with Gasteiger partial charge in [-0.25, -0.2) is 4.98 Å². The van der Waals surface area contributed by atoms with Crippen molar-refractivity contribution in [2.75, 3.05) is 17.7 Å². The smallest absolute Gasteiger partial charge is 0.228 e. The molecule has 0 unspecified atom stereocenters. The predicted octanol–water partition coefficient (Wildman–Crippen LogP) is 4.19. The first-order valence-corrected chi connectivity index (χ1v) is 8.80. The van der Waals surface area contributed by atoms with Gasteiger partial charge in [-0.1, -0.05) is 42.0 Å². The van der Waals surface area contributed by atoms with E-state index < -0.39 is 0 Å². The monoisotopic (exact) mass is 361 g/mol. The first-order valence-electron chi connectivity index (χ1n) is 8.80. The molecule has 5 heteroatoms. The molecule has 2 N–H and O–H groups in total. The molecule has 0 aliphatic rings. The van der Waals surface area contributed by atoms with Gasteiger partial charge >= 0.3 is 0 Å². The molecule has 3 rings (SSSR count). The molecule has 0 bridgehead atoms. The maximum absolute atomic E-state index is 12.1. The van der Waals surface area contributed by atoms with Crippen molar-refractivity contribution in [3.05, 3.63) is 83.6 Å². The second-order valence-corrected chi connectivity index (χ2v) is 6.34. The van der Waals surface area contributed by atoms with E-state index in [1.807, 2.05) is 67.6 Å². The van der Waals surface area contributed by atoms with Gasteiger partial charge in [0.05, 0.1) is 25.4 Å². The summed E-state index contributed by atoms with van der Waals surface area (Å²) in [5.74, 6) is 1.53. The molecule has 5 nitrogen and oxygen atoms in total. The highest BCUT2D eigenvalue weighted by Gasteiger charge is 2.05. The number of aryl methyl sites for hydroxylation is 1. The zero-order valence-corrected chi connectivity index (χ0v) is 15.5. The fraction of sp³-hybridized carbons (Fsp3) is 0.182. The van der Waals surface area contributed by atoms with Gasteiger partial charge in [0.2, 0.25) is 5.91 Å². The highest BCUT2D eigenvalue weighted by Crippen LogP contribution is 2.14. The largest absolute Gasteiger partial charge is 0.497 e. The lowest BCUT2D eigenvalue weighted by Gasteiger charge is -2.09. The lowest BCUT2D eigenvalue weighted by molar-refractivity contribution is -0.115. The van der Waals surface area contributed by atoms with E-state index in [1.165, 1.54) is 5.56 Å². The van der Waals surface area contributed by atoms with Crippen LogP contribution in [0.25, 0.3) is 0 Å². The van der Waals surface area contributed by atoms with Crippen molar-refractivity contribution in [1.82, 2.24) is 4.98 Å². The van der Waals surface area contributed by atoms with Crippen LogP contribution in [0.3, 0.4) is 0 Å². The lowest BCUT2D eigenvalue weighted by atomic mass is 10.1. The normalized spacial score (nSPS) is 10.3. The molecule has 0 fully saturated rings. The summed E-state index contributed by atoms with van der Waals surface area (Å²) in [6.07, 6.45) is 2.00. The number of pyridine rings is 1. The van der Waals surface area contributed by atoms with E-state index in [-0.39, 0.29) is 5.91 Å². The molecular weight excluding hydrogens is 338 g/mol. The topological polar surface area (TPSA) is 63.2 Å². The Hall–Kier alpha value is -3.34. The number of rotatable bonds is 7. The van der Waals surface area contributed by atoms with Gasteiger partial charge in [0, 0.05) is 6.54 Å². The molecular formula is C22H23N3O2. The Morgan fingerprint density at radius 2 is 1.67 bits per heavy atom. The fourth-order valence-corrected chi connectivity index (χ4v) is 2.60. The average molecular weight is 361 g/mol. The van der Waals surface area contributed by atoms with Crippen LogP contribution in [0.15, 0.2) is 66.9 Å². The van der Waals surface area contributed by atoms with Gasteiger partial charge in [-0.15, -0.1) is 0 Å². The van der Waals surface area contributed by atoms with Crippen LogP contribution >= 0.6 is 0 Å². The van der Waals surface area contributed by atoms with E-state index in [4.69, 9.17) is 4.74 Å². The Bertz CT molecular complexity index is 873. The third-order valence-electron chi connectivity index (χ3n) is 4.17. The number of hydrogen-bond acceptors (Lipinski definition) is 4. The number of ether oxygens (including phenoxy) is 1. The quantitative estimate of drug-likeness (QED) is 0.662. The molecule has 27 heavy (non-hydrogen) atoms. The van der Waals surface area contributed by atoms with E-state index in [0.717, 1.165) is 22.7 Å². The number of nitrogens with one attached hydrogen (secondary N) is 2. The lowest BCUT2D eigenvalue weighted by Crippen LogP contribution is -2.14. The molecule has 0 aliphatic heterocycles. The predicted molar refractivity (Wildman–Crippen MR) is 108 cm³/mol. The van der Waals surface area contributed by atoms with Crippen molar-refractivity contribution in [2.24, 2.45) is 0 Å². The minimum Gasteiger partial charge on any atom is -0.497 e. The number of methoxy groups -OCH3 is 1. The molecule has 138 valence electrons. The van der Waals surface area contributed by atoms with E-state index >= 15 is 0 Å². The summed E-state index contributed by atoms with van der Waals surface area (Å²) < 4.78 is 5.15. The molecule has 3 aromatic rings. The van der Waals surface area contributed by atoms with Crippen molar-refractivity contribution < 1.29 is 9.53 Å². The Labute approximate surface area is 159 Å². The van der Waals surface area contributed by atoms with E-state index in [0.29, 0.717) is 18.7 Å². The molecule has 0 saturated carbocycles. The molecule has 1 heterocycles. The van der Waals surface area contributed by atoms with Crippen LogP contribution < -0.4 is 15.4 Å². The number of nitrogens with zero attached hydrogens (tertiary/aromatic N) is 1. The summed E-state index contributed by atoms with van der Waals surface area (Å²) in [4.78, 5) is 16.5. The van der Waals surface area contributed by atoms with Gasteiger partial charge in [-0.3, -0.25) is 4.79 Å². The minimum atomic E-state index is -0.0559. The van der Waals surface area contributed by atoms with Gasteiger partial charge in [0.25, 0.3) is 0 Å². The van der Waals surface area contributed by atoms with E-state index in [2.05, 4.69) is 15.6 Å². The second-order valence-electron chi connectivity index (χ2n) is 6.34. The van der Waals surface area contributed by atoms with Crippen molar-refractivity contribution in [3.63, 3.8) is 0 Å². The summed E-state index contributed by atoms with van der Waals surface area (Å²) in [6, 6.07) is 19.5. The van der Waals surface area contributed by atoms with E-state index in [9.17, 15) is 4.79 Å². The van der Waals surface area contributed by atoms with Crippen LogP contribution in [0.2, 0.25) is 0 Å². The standard InChI is InChI=1S/C22H23N3O2/c1-16-3-5-17(6-4-16)13-22(26)25-19-9-12-21(24-15-19)23-14-18-7-10-20(27-2)11-8-18/h3-12,15H,13-14H2,1-2H3,(H,23,24)(H,25,26). The molecule has 1 amide bonds. The second kappa shape index (κ2) is 8.85. The zero-order chi connectivity index (χ0) is 19.1. The minimum absolute atomic E-state index is 0.0559. The van der Waals surface area contributed by atoms with Gasteiger partial charge < -0.3 is 15.4 Å². The number of amides is 1. The number of carbonyl (C=O) groups excluding carboxylic acids is 1. The maximum Gasteiger partial charge on any atom is 0.228 e. The molecule has 0 aliphatic carbocycles. The first-order chi connectivity index (χ1) is 13.1. The Morgan fingerprint density at radius 1 is 0.963 bits per heavy atom. The maximum atomic E-state index is 12.1. The van der Waals surface area contributed by atoms with Crippen LogP contribution in [0.4, 0.5) is 11.5 Å².